The molecule has 0 bridgehead atoms. The summed E-state index contributed by atoms with van der Waals surface area (Å²) in [7, 11) is 0. The summed E-state index contributed by atoms with van der Waals surface area (Å²) in [6.07, 6.45) is 11.1. The van der Waals surface area contributed by atoms with Gasteiger partial charge in [-0.15, -0.1) is 0 Å². The number of aryl methyl sites for hydroxylation is 2. The molecule has 0 unspecified atom stereocenters. The van der Waals surface area contributed by atoms with Gasteiger partial charge in [0.15, 0.2) is 0 Å². The average molecular weight is 641 g/mol. The summed E-state index contributed by atoms with van der Waals surface area (Å²) < 4.78 is 4.03. The summed E-state index contributed by atoms with van der Waals surface area (Å²) in [5.74, 6) is 0. The molecule has 0 aliphatic rings. The molecule has 17 heavy (non-hydrogen) atoms. The van der Waals surface area contributed by atoms with Crippen LogP contribution in [0.15, 0.2) is 37.4 Å². The number of hydrogen-bond donors (Lipinski definition) is 0. The van der Waals surface area contributed by atoms with Gasteiger partial charge in [0.25, 0.3) is 0 Å². The van der Waals surface area contributed by atoms with Crippen LogP contribution in [-0.4, -0.2) is 19.1 Å². The minimum absolute atomic E-state index is 0.523. The Morgan fingerprint density at radius 3 is 1.41 bits per heavy atom. The van der Waals surface area contributed by atoms with Crippen LogP contribution in [0.3, 0.4) is 0 Å². The third-order valence-corrected chi connectivity index (χ3v) is 1.85. The molecular formula is C10H16I2N4Pt. The van der Waals surface area contributed by atoms with Crippen LogP contribution in [0.4, 0.5) is 0 Å². The predicted octanol–water partition coefficient (Wildman–Crippen LogP) is 3.57. The Morgan fingerprint density at radius 1 is 0.941 bits per heavy atom. The van der Waals surface area contributed by atoms with Crippen LogP contribution in [0, 0.1) is 0 Å². The third-order valence-electron chi connectivity index (χ3n) is 1.85. The zero-order chi connectivity index (χ0) is 12.9. The number of nitrogens with zero attached hydrogens (tertiary/aromatic N) is 4. The first-order valence-electron chi connectivity index (χ1n) is 5.02. The standard InChI is InChI=1S/2C5H8N2.2HI.Pt/c2*1-2-7-4-3-6-5-7;;;/h2*3-5H,2H2,1H3;2*1H;/q;;;;+2/p-2. The van der Waals surface area contributed by atoms with Gasteiger partial charge in [-0.3, -0.25) is 0 Å². The molecular weight excluding hydrogens is 625 g/mol. The molecule has 0 amide bonds. The first-order chi connectivity index (χ1) is 8.28. The average Bonchev–Trinajstić information content (AvgIpc) is 3.04. The van der Waals surface area contributed by atoms with Gasteiger partial charge in [-0.1, -0.05) is 0 Å². The van der Waals surface area contributed by atoms with Crippen LogP contribution in [0.5, 0.6) is 0 Å². The Morgan fingerprint density at radius 2 is 1.29 bits per heavy atom. The molecule has 0 aromatic carbocycles. The first kappa shape index (κ1) is 17.6. The number of hydrogen-bond acceptors (Lipinski definition) is 2. The summed E-state index contributed by atoms with van der Waals surface area (Å²) in [6, 6.07) is 0. The van der Waals surface area contributed by atoms with E-state index < -0.39 is 0 Å². The Hall–Kier alpha value is 0.568. The van der Waals surface area contributed by atoms with Crippen molar-refractivity contribution in [3.63, 3.8) is 0 Å². The molecule has 0 aliphatic carbocycles. The van der Waals surface area contributed by atoms with Gasteiger partial charge in [0.05, 0.1) is 12.7 Å². The zero-order valence-electron chi connectivity index (χ0n) is 9.74. The molecule has 0 spiro atoms. The van der Waals surface area contributed by atoms with E-state index in [4.69, 9.17) is 0 Å². The molecule has 2 heterocycles. The second-order valence-electron chi connectivity index (χ2n) is 2.83. The van der Waals surface area contributed by atoms with Gasteiger partial charge in [0, 0.05) is 37.9 Å². The Bertz CT molecular complexity index is 303. The maximum absolute atomic E-state index is 3.86. The topological polar surface area (TPSA) is 35.6 Å². The van der Waals surface area contributed by atoms with Gasteiger partial charge < -0.3 is 9.13 Å². The number of imidazole rings is 2. The van der Waals surface area contributed by atoms with Gasteiger partial charge in [0.1, 0.15) is 0 Å². The van der Waals surface area contributed by atoms with Crippen molar-refractivity contribution >= 4 is 38.7 Å². The molecule has 2 aromatic rings. The van der Waals surface area contributed by atoms with E-state index >= 15 is 0 Å². The summed E-state index contributed by atoms with van der Waals surface area (Å²) in [5.41, 5.74) is 0. The molecule has 0 saturated heterocycles. The minimum atomic E-state index is 0.523. The van der Waals surface area contributed by atoms with Crippen LogP contribution in [0.2, 0.25) is 0 Å². The van der Waals surface area contributed by atoms with E-state index in [2.05, 4.69) is 62.5 Å². The Kier molecular flexibility index (Phi) is 13.4. The second kappa shape index (κ2) is 13.0. The van der Waals surface area contributed by atoms with E-state index in [1.165, 1.54) is 0 Å². The molecule has 0 atom stereocenters. The van der Waals surface area contributed by atoms with E-state index in [9.17, 15) is 0 Å². The van der Waals surface area contributed by atoms with E-state index in [0.717, 1.165) is 13.1 Å². The molecule has 0 N–H and O–H groups in total. The second-order valence-corrected chi connectivity index (χ2v) is 19.4. The summed E-state index contributed by atoms with van der Waals surface area (Å²) in [5, 5.41) is 0. The molecule has 2 aromatic heterocycles. The summed E-state index contributed by atoms with van der Waals surface area (Å²) in [4.78, 5) is 7.71. The number of rotatable bonds is 2. The van der Waals surface area contributed by atoms with Gasteiger partial charge in [-0.25, -0.2) is 9.97 Å². The maximum atomic E-state index is 3.86. The summed E-state index contributed by atoms with van der Waals surface area (Å²) in [6.45, 7) is 6.20. The van der Waals surface area contributed by atoms with Crippen molar-refractivity contribution in [2.75, 3.05) is 0 Å². The fraction of sp³-hybridized carbons (Fsp3) is 0.400. The van der Waals surface area contributed by atoms with Crippen LogP contribution in [-0.2, 0) is 24.3 Å². The van der Waals surface area contributed by atoms with Crippen molar-refractivity contribution in [1.29, 1.82) is 0 Å². The molecule has 100 valence electrons. The van der Waals surface area contributed by atoms with Gasteiger partial charge in [0.2, 0.25) is 0 Å². The van der Waals surface area contributed by atoms with Gasteiger partial charge in [-0.2, -0.15) is 0 Å². The molecule has 0 fully saturated rings. The van der Waals surface area contributed by atoms with Crippen LogP contribution < -0.4 is 0 Å². The molecule has 0 radical (unpaired) electrons. The van der Waals surface area contributed by atoms with Crippen molar-refractivity contribution < 1.29 is 11.2 Å². The fourth-order valence-electron chi connectivity index (χ4n) is 0.948. The van der Waals surface area contributed by atoms with E-state index in [1.54, 1.807) is 25.0 Å². The predicted molar refractivity (Wildman–Crippen MR) is 83.8 cm³/mol. The fourth-order valence-corrected chi connectivity index (χ4v) is 0.948. The van der Waals surface area contributed by atoms with Crippen LogP contribution in [0.1, 0.15) is 13.8 Å². The van der Waals surface area contributed by atoms with Crippen LogP contribution in [0.25, 0.3) is 0 Å². The number of halogens is 2. The quantitative estimate of drug-likeness (QED) is 0.471. The Labute approximate surface area is 132 Å². The monoisotopic (exact) mass is 641 g/mol. The van der Waals surface area contributed by atoms with E-state index in [1.807, 2.05) is 21.5 Å². The SMILES string of the molecule is CCn1ccnc1.CCn1ccnc1.[I][Pt][I]. The van der Waals surface area contributed by atoms with Crippen molar-refractivity contribution in [2.45, 2.75) is 26.9 Å². The molecule has 7 heteroatoms. The van der Waals surface area contributed by atoms with Crippen molar-refractivity contribution in [1.82, 2.24) is 19.1 Å². The molecule has 0 aliphatic heterocycles. The van der Waals surface area contributed by atoms with Crippen molar-refractivity contribution in [3.8, 4) is 0 Å². The summed E-state index contributed by atoms with van der Waals surface area (Å²) >= 11 is 5.30. The number of aromatic nitrogens is 4. The van der Waals surface area contributed by atoms with Crippen molar-refractivity contribution in [3.05, 3.63) is 37.4 Å². The van der Waals surface area contributed by atoms with E-state index in [-0.39, 0.29) is 0 Å². The van der Waals surface area contributed by atoms with Crippen LogP contribution >= 0.6 is 38.7 Å². The van der Waals surface area contributed by atoms with Gasteiger partial charge >= 0.3 is 49.9 Å². The van der Waals surface area contributed by atoms with E-state index in [0.29, 0.717) is 11.2 Å². The molecule has 0 saturated carbocycles. The molecule has 4 nitrogen and oxygen atoms in total. The normalized spacial score (nSPS) is 8.94. The zero-order valence-corrected chi connectivity index (χ0v) is 16.3. The first-order valence-corrected chi connectivity index (χ1v) is 17.9. The van der Waals surface area contributed by atoms with Gasteiger partial charge in [-0.05, 0) is 13.8 Å². The molecule has 2 rings (SSSR count). The Balaban J connectivity index is 0.000000247. The van der Waals surface area contributed by atoms with Crippen molar-refractivity contribution in [2.24, 2.45) is 0 Å². The third kappa shape index (κ3) is 10.2.